The molecule has 8 heteroatoms. The summed E-state index contributed by atoms with van der Waals surface area (Å²) >= 11 is 0. The maximum Gasteiger partial charge on any atom is 0.332 e. The van der Waals surface area contributed by atoms with Gasteiger partial charge in [-0.2, -0.15) is 4.98 Å². The van der Waals surface area contributed by atoms with Crippen molar-refractivity contribution in [3.8, 4) is 11.4 Å². The molecule has 0 amide bonds. The zero-order valence-electron chi connectivity index (χ0n) is 16.2. The highest BCUT2D eigenvalue weighted by Crippen LogP contribution is 2.28. The number of benzene rings is 1. The van der Waals surface area contributed by atoms with Crippen LogP contribution < -0.4 is 11.2 Å². The second-order valence-corrected chi connectivity index (χ2v) is 6.74. The number of nitrogens with zero attached hydrogens (tertiary/aromatic N) is 5. The Kier molecular flexibility index (Phi) is 3.99. The SMILES string of the molecule is C/C=C/Cn1c(=O)c2c(nc3n(-c4ccccc4O)c(C)c(C)n23)n(C)c1=O. The van der Waals surface area contributed by atoms with Crippen molar-refractivity contribution >= 4 is 16.9 Å². The summed E-state index contributed by atoms with van der Waals surface area (Å²) in [6.45, 7) is 5.83. The molecule has 0 unspecified atom stereocenters. The van der Waals surface area contributed by atoms with E-state index in [1.54, 1.807) is 46.4 Å². The highest BCUT2D eigenvalue weighted by Gasteiger charge is 2.23. The number of hydrogen-bond donors (Lipinski definition) is 1. The van der Waals surface area contributed by atoms with Gasteiger partial charge >= 0.3 is 5.69 Å². The van der Waals surface area contributed by atoms with Crippen LogP contribution in [-0.2, 0) is 13.6 Å². The van der Waals surface area contributed by atoms with Crippen molar-refractivity contribution in [2.24, 2.45) is 7.05 Å². The van der Waals surface area contributed by atoms with Gasteiger partial charge in [0.05, 0.1) is 5.69 Å². The molecule has 8 nitrogen and oxygen atoms in total. The van der Waals surface area contributed by atoms with E-state index in [1.165, 1.54) is 9.13 Å². The predicted molar refractivity (Wildman–Crippen MR) is 107 cm³/mol. The number of phenols is 1. The summed E-state index contributed by atoms with van der Waals surface area (Å²) in [7, 11) is 1.61. The van der Waals surface area contributed by atoms with Gasteiger partial charge in [-0.3, -0.25) is 22.9 Å². The van der Waals surface area contributed by atoms with E-state index in [0.29, 0.717) is 22.6 Å². The smallest absolute Gasteiger partial charge is 0.332 e. The van der Waals surface area contributed by atoms with Crippen molar-refractivity contribution in [1.82, 2.24) is 23.1 Å². The van der Waals surface area contributed by atoms with Crippen LogP contribution in [0.5, 0.6) is 5.75 Å². The van der Waals surface area contributed by atoms with Crippen LogP contribution in [0.2, 0.25) is 0 Å². The summed E-state index contributed by atoms with van der Waals surface area (Å²) in [6.07, 6.45) is 3.56. The van der Waals surface area contributed by atoms with Crippen molar-refractivity contribution in [3.63, 3.8) is 0 Å². The van der Waals surface area contributed by atoms with Crippen LogP contribution in [0, 0.1) is 13.8 Å². The fraction of sp³-hybridized carbons (Fsp3) is 0.250. The second kappa shape index (κ2) is 6.26. The number of phenolic OH excluding ortho intramolecular Hbond substituents is 1. The van der Waals surface area contributed by atoms with E-state index in [4.69, 9.17) is 0 Å². The molecule has 144 valence electrons. The molecule has 0 saturated carbocycles. The maximum atomic E-state index is 13.2. The third-order valence-corrected chi connectivity index (χ3v) is 5.17. The van der Waals surface area contributed by atoms with Gasteiger partial charge in [-0.05, 0) is 32.9 Å². The van der Waals surface area contributed by atoms with Gasteiger partial charge < -0.3 is 5.11 Å². The second-order valence-electron chi connectivity index (χ2n) is 6.74. The largest absolute Gasteiger partial charge is 0.506 e. The highest BCUT2D eigenvalue weighted by molar-refractivity contribution is 5.77. The van der Waals surface area contributed by atoms with E-state index < -0.39 is 5.69 Å². The summed E-state index contributed by atoms with van der Waals surface area (Å²) in [5, 5.41) is 10.3. The number of aromatic hydroxyl groups is 1. The van der Waals surface area contributed by atoms with Gasteiger partial charge in [0.25, 0.3) is 5.56 Å². The standard InChI is InChI=1S/C20H21N5O3/c1-5-6-11-23-18(27)16-17(22(4)20(23)28)21-19-24(12(2)13(3)25(16)19)14-9-7-8-10-15(14)26/h5-10,26H,11H2,1-4H3/b6-5+. The van der Waals surface area contributed by atoms with Crippen LogP contribution in [0.25, 0.3) is 22.6 Å². The number of aromatic nitrogens is 5. The summed E-state index contributed by atoms with van der Waals surface area (Å²) in [4.78, 5) is 30.4. The van der Waals surface area contributed by atoms with E-state index >= 15 is 0 Å². The van der Waals surface area contributed by atoms with Crippen molar-refractivity contribution < 1.29 is 5.11 Å². The van der Waals surface area contributed by atoms with E-state index in [9.17, 15) is 14.7 Å². The van der Waals surface area contributed by atoms with Crippen molar-refractivity contribution in [2.75, 3.05) is 0 Å². The van der Waals surface area contributed by atoms with Gasteiger partial charge in [0, 0.05) is 25.0 Å². The van der Waals surface area contributed by atoms with Gasteiger partial charge in [-0.1, -0.05) is 24.3 Å². The molecule has 0 fully saturated rings. The lowest BCUT2D eigenvalue weighted by atomic mass is 10.2. The number of imidazole rings is 2. The summed E-state index contributed by atoms with van der Waals surface area (Å²) < 4.78 is 6.13. The molecular weight excluding hydrogens is 358 g/mol. The molecule has 28 heavy (non-hydrogen) atoms. The first-order valence-electron chi connectivity index (χ1n) is 8.97. The average molecular weight is 379 g/mol. The van der Waals surface area contributed by atoms with Gasteiger partial charge in [-0.15, -0.1) is 0 Å². The number of rotatable bonds is 3. The molecule has 0 bridgehead atoms. The molecule has 3 heterocycles. The third-order valence-electron chi connectivity index (χ3n) is 5.17. The lowest BCUT2D eigenvalue weighted by Gasteiger charge is -2.08. The molecule has 0 atom stereocenters. The van der Waals surface area contributed by atoms with Crippen LogP contribution in [0.4, 0.5) is 0 Å². The first kappa shape index (κ1) is 17.8. The molecule has 4 rings (SSSR count). The molecule has 4 aromatic rings. The van der Waals surface area contributed by atoms with E-state index in [-0.39, 0.29) is 17.9 Å². The quantitative estimate of drug-likeness (QED) is 0.552. The minimum Gasteiger partial charge on any atom is -0.506 e. The normalized spacial score (nSPS) is 12.0. The Hall–Kier alpha value is -3.55. The van der Waals surface area contributed by atoms with E-state index in [2.05, 4.69) is 4.98 Å². The van der Waals surface area contributed by atoms with Crippen LogP contribution in [-0.4, -0.2) is 28.2 Å². The van der Waals surface area contributed by atoms with E-state index in [0.717, 1.165) is 11.4 Å². The van der Waals surface area contributed by atoms with Gasteiger partial charge in [0.15, 0.2) is 11.2 Å². The zero-order valence-corrected chi connectivity index (χ0v) is 16.2. The van der Waals surface area contributed by atoms with Gasteiger partial charge in [0.1, 0.15) is 5.75 Å². The molecule has 0 saturated heterocycles. The summed E-state index contributed by atoms with van der Waals surface area (Å²) in [5.41, 5.74) is 2.08. The van der Waals surface area contributed by atoms with E-state index in [1.807, 2.05) is 26.8 Å². The third kappa shape index (κ3) is 2.27. The number of aryl methyl sites for hydroxylation is 2. The summed E-state index contributed by atoms with van der Waals surface area (Å²) in [5.74, 6) is 0.580. The molecular formula is C20H21N5O3. The first-order chi connectivity index (χ1) is 13.4. The Morgan fingerprint density at radius 1 is 1.14 bits per heavy atom. The maximum absolute atomic E-state index is 13.2. The lowest BCUT2D eigenvalue weighted by Crippen LogP contribution is -2.39. The Bertz CT molecular complexity index is 1380. The number of hydrogen-bond acceptors (Lipinski definition) is 4. The fourth-order valence-corrected chi connectivity index (χ4v) is 3.56. The minimum atomic E-state index is -0.417. The highest BCUT2D eigenvalue weighted by atomic mass is 16.3. The van der Waals surface area contributed by atoms with Crippen molar-refractivity contribution in [3.05, 3.63) is 68.6 Å². The molecule has 3 aromatic heterocycles. The molecule has 0 radical (unpaired) electrons. The summed E-state index contributed by atoms with van der Waals surface area (Å²) in [6, 6.07) is 6.95. The van der Waals surface area contributed by atoms with Gasteiger partial charge in [0.2, 0.25) is 5.78 Å². The number of allylic oxidation sites excluding steroid dienone is 2. The monoisotopic (exact) mass is 379 g/mol. The Morgan fingerprint density at radius 2 is 1.86 bits per heavy atom. The van der Waals surface area contributed by atoms with Crippen LogP contribution >= 0.6 is 0 Å². The van der Waals surface area contributed by atoms with Crippen molar-refractivity contribution in [1.29, 1.82) is 0 Å². The molecule has 0 aliphatic carbocycles. The molecule has 0 aliphatic heterocycles. The van der Waals surface area contributed by atoms with Crippen LogP contribution in [0.3, 0.4) is 0 Å². The Labute approximate surface area is 160 Å². The minimum absolute atomic E-state index is 0.106. The van der Waals surface area contributed by atoms with Crippen molar-refractivity contribution in [2.45, 2.75) is 27.3 Å². The lowest BCUT2D eigenvalue weighted by molar-refractivity contribution is 0.472. The molecule has 1 aromatic carbocycles. The molecule has 0 aliphatic rings. The zero-order chi connectivity index (χ0) is 20.2. The number of fused-ring (bicyclic) bond motifs is 3. The van der Waals surface area contributed by atoms with Crippen LogP contribution in [0.1, 0.15) is 18.3 Å². The first-order valence-corrected chi connectivity index (χ1v) is 8.97. The molecule has 1 N–H and O–H groups in total. The Morgan fingerprint density at radius 3 is 2.54 bits per heavy atom. The topological polar surface area (TPSA) is 86.5 Å². The molecule has 0 spiro atoms. The Balaban J connectivity index is 2.20. The number of para-hydroxylation sites is 2. The van der Waals surface area contributed by atoms with Gasteiger partial charge in [-0.25, -0.2) is 4.79 Å². The fourth-order valence-electron chi connectivity index (χ4n) is 3.56. The van der Waals surface area contributed by atoms with Crippen LogP contribution in [0.15, 0.2) is 46.0 Å². The predicted octanol–water partition coefficient (Wildman–Crippen LogP) is 2.04. The average Bonchev–Trinajstić information content (AvgIpc) is 3.17.